The lowest BCUT2D eigenvalue weighted by atomic mass is 9.91. The first-order chi connectivity index (χ1) is 5.80. The van der Waals surface area contributed by atoms with Crippen molar-refractivity contribution in [1.82, 2.24) is 0 Å². The van der Waals surface area contributed by atoms with E-state index in [4.69, 9.17) is 0 Å². The van der Waals surface area contributed by atoms with Crippen LogP contribution >= 0.6 is 0 Å². The van der Waals surface area contributed by atoms with Gasteiger partial charge in [0, 0.05) is 0 Å². The number of hydrogen-bond donors (Lipinski definition) is 1. The molecule has 12 heavy (non-hydrogen) atoms. The van der Waals surface area contributed by atoms with Gasteiger partial charge in [-0.15, -0.1) is 0 Å². The summed E-state index contributed by atoms with van der Waals surface area (Å²) in [6.07, 6.45) is 10.2. The third kappa shape index (κ3) is 3.57. The van der Waals surface area contributed by atoms with Gasteiger partial charge in [-0.2, -0.15) is 0 Å². The Morgan fingerprint density at radius 2 is 1.33 bits per heavy atom. The first-order valence-corrected chi connectivity index (χ1v) is 5.49. The van der Waals surface area contributed by atoms with Gasteiger partial charge in [-0.25, -0.2) is 0 Å². The Morgan fingerprint density at radius 1 is 0.833 bits per heavy atom. The molecule has 0 aromatic heterocycles. The molecule has 0 aromatic rings. The number of rotatable bonds is 0. The van der Waals surface area contributed by atoms with Gasteiger partial charge in [0.2, 0.25) is 0 Å². The third-order valence-electron chi connectivity index (χ3n) is 3.07. The van der Waals surface area contributed by atoms with E-state index in [1.165, 1.54) is 44.9 Å². The normalized spacial score (nSPS) is 34.5. The summed E-state index contributed by atoms with van der Waals surface area (Å²) in [5, 5.41) is 9.70. The lowest BCUT2D eigenvalue weighted by Gasteiger charge is -2.19. The van der Waals surface area contributed by atoms with Gasteiger partial charge < -0.3 is 5.11 Å². The van der Waals surface area contributed by atoms with Crippen LogP contribution in [-0.4, -0.2) is 11.2 Å². The summed E-state index contributed by atoms with van der Waals surface area (Å²) < 4.78 is 0. The van der Waals surface area contributed by atoms with Gasteiger partial charge in [0.05, 0.1) is 6.10 Å². The highest BCUT2D eigenvalue weighted by Gasteiger charge is 2.13. The van der Waals surface area contributed by atoms with Crippen molar-refractivity contribution in [1.29, 1.82) is 0 Å². The molecule has 2 unspecified atom stereocenters. The Morgan fingerprint density at radius 3 is 2.00 bits per heavy atom. The average molecular weight is 170 g/mol. The third-order valence-corrected chi connectivity index (χ3v) is 3.07. The molecule has 0 amide bonds. The summed E-state index contributed by atoms with van der Waals surface area (Å²) in [7, 11) is 0. The monoisotopic (exact) mass is 170 g/mol. The van der Waals surface area contributed by atoms with Crippen molar-refractivity contribution in [2.24, 2.45) is 5.92 Å². The molecule has 1 saturated carbocycles. The molecule has 1 N–H and O–H groups in total. The molecule has 0 radical (unpaired) electrons. The van der Waals surface area contributed by atoms with Crippen LogP contribution in [-0.2, 0) is 0 Å². The van der Waals surface area contributed by atoms with E-state index in [-0.39, 0.29) is 6.10 Å². The van der Waals surface area contributed by atoms with E-state index in [0.717, 1.165) is 6.42 Å². The van der Waals surface area contributed by atoms with Crippen LogP contribution in [0.5, 0.6) is 0 Å². The molecule has 1 nitrogen and oxygen atoms in total. The fourth-order valence-electron chi connectivity index (χ4n) is 2.00. The van der Waals surface area contributed by atoms with Crippen LogP contribution in [0.1, 0.15) is 58.3 Å². The van der Waals surface area contributed by atoms with E-state index in [0.29, 0.717) is 5.92 Å². The maximum atomic E-state index is 9.70. The predicted octanol–water partition coefficient (Wildman–Crippen LogP) is 3.12. The summed E-state index contributed by atoms with van der Waals surface area (Å²) in [5.41, 5.74) is 0. The van der Waals surface area contributed by atoms with Crippen molar-refractivity contribution < 1.29 is 5.11 Å². The molecular weight excluding hydrogens is 148 g/mol. The number of aliphatic hydroxyl groups is 1. The highest BCUT2D eigenvalue weighted by atomic mass is 16.3. The molecule has 0 spiro atoms. The Bertz CT molecular complexity index is 97.6. The molecule has 0 saturated heterocycles. The van der Waals surface area contributed by atoms with Gasteiger partial charge in [-0.3, -0.25) is 0 Å². The van der Waals surface area contributed by atoms with Crippen molar-refractivity contribution in [2.45, 2.75) is 64.4 Å². The minimum Gasteiger partial charge on any atom is -0.393 e. The Kier molecular flexibility index (Phi) is 4.67. The molecule has 2 atom stereocenters. The summed E-state index contributed by atoms with van der Waals surface area (Å²) in [6.45, 7) is 2.19. The lowest BCUT2D eigenvalue weighted by Crippen LogP contribution is -2.17. The van der Waals surface area contributed by atoms with Gasteiger partial charge in [-0.1, -0.05) is 45.4 Å². The highest BCUT2D eigenvalue weighted by molar-refractivity contribution is 4.66. The number of aliphatic hydroxyl groups excluding tert-OH is 1. The SMILES string of the molecule is CC1CCCCCCCCC1O. The van der Waals surface area contributed by atoms with Crippen molar-refractivity contribution >= 4 is 0 Å². The Labute approximate surface area is 76.2 Å². The smallest absolute Gasteiger partial charge is 0.0565 e. The first kappa shape index (κ1) is 10.0. The van der Waals surface area contributed by atoms with Gasteiger partial charge >= 0.3 is 0 Å². The summed E-state index contributed by atoms with van der Waals surface area (Å²) >= 11 is 0. The molecule has 1 aliphatic rings. The van der Waals surface area contributed by atoms with Crippen LogP contribution in [0.4, 0.5) is 0 Å². The van der Waals surface area contributed by atoms with Gasteiger partial charge in [0.1, 0.15) is 0 Å². The number of hydrogen-bond acceptors (Lipinski definition) is 1. The second kappa shape index (κ2) is 5.58. The second-order valence-corrected chi connectivity index (χ2v) is 4.24. The lowest BCUT2D eigenvalue weighted by molar-refractivity contribution is 0.0968. The molecule has 1 heteroatoms. The minimum absolute atomic E-state index is 0.0249. The molecule has 72 valence electrons. The summed E-state index contributed by atoms with van der Waals surface area (Å²) in [6, 6.07) is 0. The quantitative estimate of drug-likeness (QED) is 0.592. The van der Waals surface area contributed by atoms with E-state index in [1.54, 1.807) is 0 Å². The Hall–Kier alpha value is -0.0400. The minimum atomic E-state index is -0.0249. The zero-order valence-electron chi connectivity index (χ0n) is 8.26. The van der Waals surface area contributed by atoms with Crippen LogP contribution in [0.25, 0.3) is 0 Å². The molecule has 0 aromatic carbocycles. The molecule has 1 aliphatic carbocycles. The fourth-order valence-corrected chi connectivity index (χ4v) is 2.00. The van der Waals surface area contributed by atoms with Crippen LogP contribution in [0, 0.1) is 5.92 Å². The maximum Gasteiger partial charge on any atom is 0.0565 e. The zero-order valence-corrected chi connectivity index (χ0v) is 8.26. The molecule has 0 aliphatic heterocycles. The van der Waals surface area contributed by atoms with Crippen molar-refractivity contribution in [3.05, 3.63) is 0 Å². The van der Waals surface area contributed by atoms with E-state index in [2.05, 4.69) is 6.92 Å². The summed E-state index contributed by atoms with van der Waals surface area (Å²) in [4.78, 5) is 0. The fraction of sp³-hybridized carbons (Fsp3) is 1.00. The van der Waals surface area contributed by atoms with Crippen molar-refractivity contribution in [2.75, 3.05) is 0 Å². The molecule has 0 heterocycles. The zero-order chi connectivity index (χ0) is 8.81. The topological polar surface area (TPSA) is 20.2 Å². The second-order valence-electron chi connectivity index (χ2n) is 4.24. The molecule has 1 rings (SSSR count). The van der Waals surface area contributed by atoms with E-state index in [9.17, 15) is 5.11 Å². The standard InChI is InChI=1S/C11H22O/c1-10-8-6-4-2-3-5-7-9-11(10)12/h10-12H,2-9H2,1H3. The maximum absolute atomic E-state index is 9.70. The van der Waals surface area contributed by atoms with Crippen molar-refractivity contribution in [3.63, 3.8) is 0 Å². The summed E-state index contributed by atoms with van der Waals surface area (Å²) in [5.74, 6) is 0.531. The van der Waals surface area contributed by atoms with Gasteiger partial charge in [0.15, 0.2) is 0 Å². The average Bonchev–Trinajstić information content (AvgIpc) is 2.08. The first-order valence-electron chi connectivity index (χ1n) is 5.49. The van der Waals surface area contributed by atoms with E-state index < -0.39 is 0 Å². The molecule has 1 fully saturated rings. The predicted molar refractivity (Wildman–Crippen MR) is 52.1 cm³/mol. The molecule has 0 bridgehead atoms. The highest BCUT2D eigenvalue weighted by Crippen LogP contribution is 2.21. The molecular formula is C11H22O. The van der Waals surface area contributed by atoms with Crippen LogP contribution in [0.2, 0.25) is 0 Å². The van der Waals surface area contributed by atoms with Crippen molar-refractivity contribution in [3.8, 4) is 0 Å². The Balaban J connectivity index is 2.26. The van der Waals surface area contributed by atoms with Crippen LogP contribution in [0.15, 0.2) is 0 Å². The largest absolute Gasteiger partial charge is 0.393 e. The van der Waals surface area contributed by atoms with E-state index in [1.807, 2.05) is 0 Å². The van der Waals surface area contributed by atoms with Gasteiger partial charge in [-0.05, 0) is 18.8 Å². The van der Waals surface area contributed by atoms with E-state index >= 15 is 0 Å². The van der Waals surface area contributed by atoms with Crippen LogP contribution < -0.4 is 0 Å². The van der Waals surface area contributed by atoms with Crippen LogP contribution in [0.3, 0.4) is 0 Å². The van der Waals surface area contributed by atoms with Gasteiger partial charge in [0.25, 0.3) is 0 Å².